The normalized spacial score (nSPS) is 10.9. The van der Waals surface area contributed by atoms with Gasteiger partial charge in [0.25, 0.3) is 5.91 Å². The van der Waals surface area contributed by atoms with Crippen molar-refractivity contribution in [3.8, 4) is 5.75 Å². The summed E-state index contributed by atoms with van der Waals surface area (Å²) in [4.78, 5) is 31.7. The Morgan fingerprint density at radius 3 is 2.61 bits per heavy atom. The van der Waals surface area contributed by atoms with Crippen LogP contribution in [0.25, 0.3) is 0 Å². The lowest BCUT2D eigenvalue weighted by molar-refractivity contribution is -0.118. The minimum absolute atomic E-state index is 0.153. The minimum atomic E-state index is -0.981. The van der Waals surface area contributed by atoms with Gasteiger partial charge in [-0.1, -0.05) is 23.9 Å². The summed E-state index contributed by atoms with van der Waals surface area (Å²) in [6.45, 7) is 3.99. The van der Waals surface area contributed by atoms with Gasteiger partial charge in [-0.3, -0.25) is 4.79 Å². The Kier molecular flexibility index (Phi) is 8.56. The van der Waals surface area contributed by atoms with E-state index in [9.17, 15) is 9.59 Å². The number of rotatable bonds is 9. The molecular weight excluding hydrogens is 508 g/mol. The van der Waals surface area contributed by atoms with E-state index in [0.717, 1.165) is 22.5 Å². The number of halogens is 1. The second-order valence-electron chi connectivity index (χ2n) is 7.00. The number of ether oxygens (including phenoxy) is 1. The molecule has 1 aromatic heterocycles. The number of carbonyl (C=O) groups is 2. The van der Waals surface area contributed by atoms with Gasteiger partial charge in [-0.25, -0.2) is 20.2 Å². The largest absolute Gasteiger partial charge is 0.488 e. The molecule has 10 heteroatoms. The average Bonchev–Trinajstić information content (AvgIpc) is 2.77. The van der Waals surface area contributed by atoms with E-state index in [-0.39, 0.29) is 23.8 Å². The second-order valence-corrected chi connectivity index (χ2v) is 8.80. The molecule has 3 rings (SSSR count). The van der Waals surface area contributed by atoms with Crippen LogP contribution in [0.15, 0.2) is 63.3 Å². The fraction of sp³-hybridized carbons (Fsp3) is 0.174. The number of nitrogens with one attached hydrogen (secondary N) is 1. The van der Waals surface area contributed by atoms with Crippen molar-refractivity contribution in [2.45, 2.75) is 25.6 Å². The van der Waals surface area contributed by atoms with Gasteiger partial charge in [0.2, 0.25) is 0 Å². The standard InChI is InChI=1S/C23H21BrN4O4S/c1-14-8-15(2)27-23(26-14)33-13-21(29)28-25-11-16-6-7-20(19(24)10-16)32-12-17-4-3-5-18(9-17)22(30)31/h3-11H,12-13H2,1-2H3,(H,28,29)(H,30,31)/b25-11-. The number of amides is 1. The van der Waals surface area contributed by atoms with Gasteiger partial charge in [-0.15, -0.1) is 0 Å². The summed E-state index contributed by atoms with van der Waals surface area (Å²) < 4.78 is 6.48. The van der Waals surface area contributed by atoms with Crippen LogP contribution in [-0.4, -0.2) is 38.9 Å². The number of hydrazone groups is 1. The van der Waals surface area contributed by atoms with Gasteiger partial charge in [0.1, 0.15) is 12.4 Å². The Balaban J connectivity index is 1.50. The molecule has 1 amide bonds. The number of hydrogen-bond donors (Lipinski definition) is 2. The smallest absolute Gasteiger partial charge is 0.335 e. The molecule has 3 aromatic rings. The number of thioether (sulfide) groups is 1. The number of aromatic carboxylic acids is 1. The van der Waals surface area contributed by atoms with Crippen molar-refractivity contribution in [1.29, 1.82) is 0 Å². The highest BCUT2D eigenvalue weighted by Gasteiger charge is 2.07. The second kappa shape index (κ2) is 11.6. The fourth-order valence-corrected chi connectivity index (χ4v) is 4.02. The molecule has 0 aliphatic rings. The van der Waals surface area contributed by atoms with E-state index >= 15 is 0 Å². The van der Waals surface area contributed by atoms with Crippen molar-refractivity contribution >= 4 is 45.8 Å². The first-order chi connectivity index (χ1) is 15.8. The number of aryl methyl sites for hydroxylation is 2. The number of hydrogen-bond acceptors (Lipinski definition) is 7. The summed E-state index contributed by atoms with van der Waals surface area (Å²) in [5.74, 6) is -0.492. The van der Waals surface area contributed by atoms with Crippen LogP contribution in [0.5, 0.6) is 5.75 Å². The molecule has 8 nitrogen and oxygen atoms in total. The Labute approximate surface area is 203 Å². The van der Waals surface area contributed by atoms with Crippen molar-refractivity contribution in [2.24, 2.45) is 5.10 Å². The van der Waals surface area contributed by atoms with E-state index in [1.54, 1.807) is 36.4 Å². The summed E-state index contributed by atoms with van der Waals surface area (Å²) in [7, 11) is 0. The Morgan fingerprint density at radius 1 is 1.15 bits per heavy atom. The quantitative estimate of drug-likeness (QED) is 0.183. The number of carboxylic acids is 1. The lowest BCUT2D eigenvalue weighted by Crippen LogP contribution is -2.19. The zero-order valence-corrected chi connectivity index (χ0v) is 20.3. The number of carboxylic acid groups (broad SMARTS) is 1. The van der Waals surface area contributed by atoms with E-state index in [1.807, 2.05) is 19.9 Å². The highest BCUT2D eigenvalue weighted by molar-refractivity contribution is 9.10. The van der Waals surface area contributed by atoms with Crippen molar-refractivity contribution in [2.75, 3.05) is 5.75 Å². The predicted molar refractivity (Wildman–Crippen MR) is 130 cm³/mol. The average molecular weight is 529 g/mol. The van der Waals surface area contributed by atoms with Crippen molar-refractivity contribution in [3.05, 3.63) is 81.1 Å². The number of aromatic nitrogens is 2. The monoisotopic (exact) mass is 528 g/mol. The molecule has 0 fully saturated rings. The van der Waals surface area contributed by atoms with Gasteiger partial charge in [0.15, 0.2) is 5.16 Å². The van der Waals surface area contributed by atoms with Gasteiger partial charge >= 0.3 is 5.97 Å². The van der Waals surface area contributed by atoms with E-state index in [0.29, 0.717) is 15.4 Å². The van der Waals surface area contributed by atoms with Gasteiger partial charge in [0, 0.05) is 11.4 Å². The third-order valence-corrected chi connectivity index (χ3v) is 5.69. The molecule has 2 N–H and O–H groups in total. The van der Waals surface area contributed by atoms with Gasteiger partial charge in [0.05, 0.1) is 22.0 Å². The zero-order valence-electron chi connectivity index (χ0n) is 17.9. The number of nitrogens with zero attached hydrogens (tertiary/aromatic N) is 3. The summed E-state index contributed by atoms with van der Waals surface area (Å²) in [6, 6.07) is 13.8. The van der Waals surface area contributed by atoms with Crippen LogP contribution in [0.3, 0.4) is 0 Å². The molecular formula is C23H21BrN4O4S. The first-order valence-electron chi connectivity index (χ1n) is 9.82. The van der Waals surface area contributed by atoms with Crippen molar-refractivity contribution < 1.29 is 19.4 Å². The van der Waals surface area contributed by atoms with Gasteiger partial charge in [-0.2, -0.15) is 5.10 Å². The molecule has 0 unspecified atom stereocenters. The molecule has 0 aliphatic carbocycles. The minimum Gasteiger partial charge on any atom is -0.488 e. The molecule has 0 saturated heterocycles. The fourth-order valence-electron chi connectivity index (χ4n) is 2.77. The third-order valence-electron chi connectivity index (χ3n) is 4.22. The van der Waals surface area contributed by atoms with E-state index in [4.69, 9.17) is 9.84 Å². The molecule has 0 saturated carbocycles. The Morgan fingerprint density at radius 2 is 1.91 bits per heavy atom. The Bertz CT molecular complexity index is 1180. The maximum Gasteiger partial charge on any atom is 0.335 e. The highest BCUT2D eigenvalue weighted by atomic mass is 79.9. The molecule has 0 spiro atoms. The van der Waals surface area contributed by atoms with Crippen molar-refractivity contribution in [3.63, 3.8) is 0 Å². The molecule has 170 valence electrons. The molecule has 0 radical (unpaired) electrons. The first-order valence-corrected chi connectivity index (χ1v) is 11.6. The molecule has 0 bridgehead atoms. The maximum atomic E-state index is 12.0. The van der Waals surface area contributed by atoms with Crippen LogP contribution in [-0.2, 0) is 11.4 Å². The van der Waals surface area contributed by atoms with Crippen LogP contribution in [0.2, 0.25) is 0 Å². The van der Waals surface area contributed by atoms with Crippen LogP contribution < -0.4 is 10.2 Å². The summed E-state index contributed by atoms with van der Waals surface area (Å²) in [5.41, 5.74) is 5.92. The molecule has 33 heavy (non-hydrogen) atoms. The third kappa shape index (κ3) is 7.69. The topological polar surface area (TPSA) is 114 Å². The first kappa shape index (κ1) is 24.4. The Hall–Kier alpha value is -3.24. The number of carbonyl (C=O) groups excluding carboxylic acids is 1. The lowest BCUT2D eigenvalue weighted by Gasteiger charge is -2.09. The molecule has 0 atom stereocenters. The molecule has 2 aromatic carbocycles. The van der Waals surface area contributed by atoms with Crippen molar-refractivity contribution in [1.82, 2.24) is 15.4 Å². The molecule has 1 heterocycles. The summed E-state index contributed by atoms with van der Waals surface area (Å²) in [5, 5.41) is 13.6. The lowest BCUT2D eigenvalue weighted by atomic mass is 10.1. The van der Waals surface area contributed by atoms with E-state index in [2.05, 4.69) is 36.4 Å². The zero-order chi connectivity index (χ0) is 23.8. The van der Waals surface area contributed by atoms with Crippen LogP contribution in [0, 0.1) is 13.8 Å². The van der Waals surface area contributed by atoms with Crippen LogP contribution in [0.4, 0.5) is 0 Å². The maximum absolute atomic E-state index is 12.0. The van der Waals surface area contributed by atoms with E-state index in [1.165, 1.54) is 24.0 Å². The summed E-state index contributed by atoms with van der Waals surface area (Å²) >= 11 is 4.70. The van der Waals surface area contributed by atoms with Gasteiger partial charge < -0.3 is 9.84 Å². The van der Waals surface area contributed by atoms with Crippen LogP contribution in [0.1, 0.15) is 32.9 Å². The number of benzene rings is 2. The van der Waals surface area contributed by atoms with E-state index < -0.39 is 5.97 Å². The predicted octanol–water partition coefficient (Wildman–Crippen LogP) is 4.38. The highest BCUT2D eigenvalue weighted by Crippen LogP contribution is 2.26. The SMILES string of the molecule is Cc1cc(C)nc(SCC(=O)N/N=C\c2ccc(OCc3cccc(C(=O)O)c3)c(Br)c2)n1. The van der Waals surface area contributed by atoms with Gasteiger partial charge in [-0.05, 0) is 77.3 Å². The summed E-state index contributed by atoms with van der Waals surface area (Å²) in [6.07, 6.45) is 1.53. The van der Waals surface area contributed by atoms with Crippen LogP contribution >= 0.6 is 27.7 Å². The molecule has 0 aliphatic heterocycles.